The first-order valence-electron chi connectivity index (χ1n) is 4.10. The zero-order valence-corrected chi connectivity index (χ0v) is 9.16. The summed E-state index contributed by atoms with van der Waals surface area (Å²) in [6.07, 6.45) is 1.62. The predicted molar refractivity (Wildman–Crippen MR) is 59.4 cm³/mol. The first kappa shape index (κ1) is 9.78. The van der Waals surface area contributed by atoms with Crippen molar-refractivity contribution in [3.05, 3.63) is 34.3 Å². The van der Waals surface area contributed by atoms with E-state index in [1.54, 1.807) is 6.21 Å². The molecule has 0 aliphatic carbocycles. The number of benzene rings is 1. The molecule has 1 aromatic heterocycles. The molecule has 0 aliphatic heterocycles. The van der Waals surface area contributed by atoms with Crippen LogP contribution in [0.1, 0.15) is 5.56 Å². The van der Waals surface area contributed by atoms with E-state index in [1.807, 2.05) is 24.3 Å². The van der Waals surface area contributed by atoms with Crippen molar-refractivity contribution in [3.63, 3.8) is 0 Å². The topological polar surface area (TPSA) is 82.0 Å². The van der Waals surface area contributed by atoms with Gasteiger partial charge in [-0.05, 0) is 16.5 Å². The van der Waals surface area contributed by atoms with Crippen LogP contribution in [0, 0.1) is 0 Å². The highest BCUT2D eigenvalue weighted by molar-refractivity contribution is 9.10. The number of hydrogen-bond donors (Lipinski definition) is 1. The first-order valence-corrected chi connectivity index (χ1v) is 4.89. The third-order valence-electron chi connectivity index (χ3n) is 1.69. The van der Waals surface area contributed by atoms with Crippen molar-refractivity contribution in [1.82, 2.24) is 20.3 Å². The SMILES string of the molecule is Nc1nnnn1N=Cc1ccccc1Br. The largest absolute Gasteiger partial charge is 0.365 e. The fourth-order valence-corrected chi connectivity index (χ4v) is 1.36. The lowest BCUT2D eigenvalue weighted by Gasteiger charge is -1.95. The molecule has 0 fully saturated rings. The summed E-state index contributed by atoms with van der Waals surface area (Å²) in [4.78, 5) is 1.15. The number of tetrazole rings is 1. The molecule has 0 spiro atoms. The molecule has 2 aromatic rings. The highest BCUT2D eigenvalue weighted by Gasteiger charge is 1.98. The van der Waals surface area contributed by atoms with Crippen LogP contribution in [0.15, 0.2) is 33.8 Å². The fraction of sp³-hybridized carbons (Fsp3) is 0. The average Bonchev–Trinajstić information content (AvgIpc) is 2.63. The number of rotatable bonds is 2. The summed E-state index contributed by atoms with van der Waals surface area (Å²) in [5.41, 5.74) is 6.37. The van der Waals surface area contributed by atoms with E-state index in [2.05, 4.69) is 36.6 Å². The number of halogens is 1. The minimum absolute atomic E-state index is 0.151. The van der Waals surface area contributed by atoms with Crippen molar-refractivity contribution in [3.8, 4) is 0 Å². The summed E-state index contributed by atoms with van der Waals surface area (Å²) < 4.78 is 0.945. The summed E-state index contributed by atoms with van der Waals surface area (Å²) in [6.45, 7) is 0. The van der Waals surface area contributed by atoms with Crippen LogP contribution in [0.4, 0.5) is 5.95 Å². The Morgan fingerprint density at radius 3 is 2.87 bits per heavy atom. The molecule has 2 N–H and O–H groups in total. The van der Waals surface area contributed by atoms with Crippen molar-refractivity contribution < 1.29 is 0 Å². The second-order valence-corrected chi connectivity index (χ2v) is 3.55. The van der Waals surface area contributed by atoms with Crippen molar-refractivity contribution in [2.75, 3.05) is 5.73 Å². The smallest absolute Gasteiger partial charge is 0.263 e. The number of anilines is 1. The minimum atomic E-state index is 0.151. The summed E-state index contributed by atoms with van der Waals surface area (Å²) in [6, 6.07) is 7.67. The third-order valence-corrected chi connectivity index (χ3v) is 2.41. The molecule has 15 heavy (non-hydrogen) atoms. The van der Waals surface area contributed by atoms with Crippen LogP contribution < -0.4 is 5.73 Å². The second kappa shape index (κ2) is 4.18. The summed E-state index contributed by atoms with van der Waals surface area (Å²) in [5, 5.41) is 14.4. The average molecular weight is 267 g/mol. The molecular weight excluding hydrogens is 260 g/mol. The number of nitrogens with two attached hydrogens (primary N) is 1. The van der Waals surface area contributed by atoms with Crippen LogP contribution >= 0.6 is 15.9 Å². The minimum Gasteiger partial charge on any atom is -0.365 e. The lowest BCUT2D eigenvalue weighted by atomic mass is 10.2. The van der Waals surface area contributed by atoms with Gasteiger partial charge in [-0.2, -0.15) is 5.10 Å². The molecule has 1 aromatic carbocycles. The highest BCUT2D eigenvalue weighted by Crippen LogP contribution is 2.13. The van der Waals surface area contributed by atoms with Gasteiger partial charge >= 0.3 is 0 Å². The lowest BCUT2D eigenvalue weighted by molar-refractivity contribution is 0.699. The Hall–Kier alpha value is -1.76. The number of hydrogen-bond acceptors (Lipinski definition) is 5. The standard InChI is InChI=1S/C8H7BrN6/c9-7-4-2-1-3-6(7)5-11-15-8(10)12-13-14-15/h1-5H,(H2,10,12,14). The van der Waals surface area contributed by atoms with E-state index < -0.39 is 0 Å². The van der Waals surface area contributed by atoms with Crippen molar-refractivity contribution in [2.24, 2.45) is 5.10 Å². The summed E-state index contributed by atoms with van der Waals surface area (Å²) >= 11 is 3.40. The Morgan fingerprint density at radius 1 is 1.40 bits per heavy atom. The molecule has 0 unspecified atom stereocenters. The summed E-state index contributed by atoms with van der Waals surface area (Å²) in [5.74, 6) is 0.151. The van der Waals surface area contributed by atoms with Gasteiger partial charge in [0.25, 0.3) is 5.95 Å². The molecule has 0 aliphatic rings. The van der Waals surface area contributed by atoms with E-state index in [4.69, 9.17) is 5.73 Å². The van der Waals surface area contributed by atoms with E-state index in [0.29, 0.717) is 0 Å². The monoisotopic (exact) mass is 266 g/mol. The quantitative estimate of drug-likeness (QED) is 0.819. The normalized spacial score (nSPS) is 11.0. The van der Waals surface area contributed by atoms with Gasteiger partial charge in [-0.3, -0.25) is 0 Å². The van der Waals surface area contributed by atoms with E-state index in [1.165, 1.54) is 0 Å². The number of aromatic nitrogens is 4. The van der Waals surface area contributed by atoms with Gasteiger partial charge in [-0.25, -0.2) is 0 Å². The van der Waals surface area contributed by atoms with Crippen molar-refractivity contribution in [2.45, 2.75) is 0 Å². The molecule has 2 rings (SSSR count). The maximum atomic E-state index is 5.44. The second-order valence-electron chi connectivity index (χ2n) is 2.69. The molecular formula is C8H7BrN6. The maximum absolute atomic E-state index is 5.44. The van der Waals surface area contributed by atoms with Gasteiger partial charge in [0.05, 0.1) is 6.21 Å². The highest BCUT2D eigenvalue weighted by atomic mass is 79.9. The van der Waals surface area contributed by atoms with Gasteiger partial charge < -0.3 is 5.73 Å². The van der Waals surface area contributed by atoms with Crippen molar-refractivity contribution in [1.29, 1.82) is 0 Å². The van der Waals surface area contributed by atoms with Gasteiger partial charge in [0.1, 0.15) is 0 Å². The Kier molecular flexibility index (Phi) is 2.72. The van der Waals surface area contributed by atoms with E-state index in [-0.39, 0.29) is 5.95 Å². The fourth-order valence-electron chi connectivity index (χ4n) is 0.968. The molecule has 0 bridgehead atoms. The molecule has 0 saturated heterocycles. The van der Waals surface area contributed by atoms with Gasteiger partial charge in [0.2, 0.25) is 0 Å². The molecule has 0 amide bonds. The molecule has 7 heteroatoms. The van der Waals surface area contributed by atoms with Gasteiger partial charge in [-0.15, -0.1) is 0 Å². The van der Waals surface area contributed by atoms with Gasteiger partial charge in [-0.1, -0.05) is 44.0 Å². The van der Waals surface area contributed by atoms with E-state index in [9.17, 15) is 0 Å². The molecule has 1 heterocycles. The Balaban J connectivity index is 2.26. The number of nitrogen functional groups attached to an aromatic ring is 1. The van der Waals surface area contributed by atoms with Crippen LogP contribution in [-0.4, -0.2) is 26.5 Å². The zero-order chi connectivity index (χ0) is 10.7. The van der Waals surface area contributed by atoms with Crippen LogP contribution in [0.5, 0.6) is 0 Å². The van der Waals surface area contributed by atoms with E-state index in [0.717, 1.165) is 14.8 Å². The van der Waals surface area contributed by atoms with Crippen molar-refractivity contribution >= 4 is 28.1 Å². The molecule has 76 valence electrons. The van der Waals surface area contributed by atoms with Crippen LogP contribution in [0.25, 0.3) is 0 Å². The van der Waals surface area contributed by atoms with Crippen LogP contribution in [0.2, 0.25) is 0 Å². The van der Waals surface area contributed by atoms with Gasteiger partial charge in [0.15, 0.2) is 0 Å². The Bertz CT molecular complexity index is 491. The number of nitrogens with zero attached hydrogens (tertiary/aromatic N) is 5. The molecule has 6 nitrogen and oxygen atoms in total. The lowest BCUT2D eigenvalue weighted by Crippen LogP contribution is -1.99. The zero-order valence-electron chi connectivity index (χ0n) is 7.58. The Morgan fingerprint density at radius 2 is 2.20 bits per heavy atom. The molecule has 0 atom stereocenters. The Labute approximate surface area is 93.9 Å². The molecule has 0 radical (unpaired) electrons. The van der Waals surface area contributed by atoms with E-state index >= 15 is 0 Å². The predicted octanol–water partition coefficient (Wildman–Crippen LogP) is 0.900. The third kappa shape index (κ3) is 2.18. The maximum Gasteiger partial charge on any atom is 0.263 e. The van der Waals surface area contributed by atoms with Gasteiger partial charge in [0, 0.05) is 10.0 Å². The van der Waals surface area contributed by atoms with Crippen LogP contribution in [-0.2, 0) is 0 Å². The molecule has 0 saturated carbocycles. The first-order chi connectivity index (χ1) is 7.27. The summed E-state index contributed by atoms with van der Waals surface area (Å²) in [7, 11) is 0. The van der Waals surface area contributed by atoms with Crippen LogP contribution in [0.3, 0.4) is 0 Å².